The van der Waals surface area contributed by atoms with Crippen LogP contribution in [0.1, 0.15) is 15.9 Å². The molecule has 0 aromatic heterocycles. The second-order valence-corrected chi connectivity index (χ2v) is 2.65. The van der Waals surface area contributed by atoms with Crippen LogP contribution in [0.4, 0.5) is 0 Å². The lowest BCUT2D eigenvalue weighted by Crippen LogP contribution is -2.03. The third-order valence-electron chi connectivity index (χ3n) is 1.88. The van der Waals surface area contributed by atoms with Gasteiger partial charge in [-0.2, -0.15) is 0 Å². The summed E-state index contributed by atoms with van der Waals surface area (Å²) in [6, 6.07) is 5.10. The second-order valence-electron chi connectivity index (χ2n) is 2.65. The summed E-state index contributed by atoms with van der Waals surface area (Å²) in [7, 11) is 2.92. The van der Waals surface area contributed by atoms with Crippen LogP contribution in [-0.4, -0.2) is 20.2 Å². The largest absolute Gasteiger partial charge is 0.497 e. The maximum absolute atomic E-state index is 11.3. The SMILES string of the molecule is C=Cc1cc(OC)ccc1C(=O)OC. The molecule has 0 atom stereocenters. The van der Waals surface area contributed by atoms with E-state index < -0.39 is 0 Å². The van der Waals surface area contributed by atoms with Gasteiger partial charge >= 0.3 is 5.97 Å². The van der Waals surface area contributed by atoms with E-state index >= 15 is 0 Å². The zero-order chi connectivity index (χ0) is 10.6. The Morgan fingerprint density at radius 1 is 1.43 bits per heavy atom. The van der Waals surface area contributed by atoms with Gasteiger partial charge in [-0.15, -0.1) is 0 Å². The van der Waals surface area contributed by atoms with Gasteiger partial charge in [0.25, 0.3) is 0 Å². The molecule has 3 heteroatoms. The summed E-state index contributed by atoms with van der Waals surface area (Å²) < 4.78 is 9.65. The minimum atomic E-state index is -0.373. The number of esters is 1. The molecule has 0 saturated carbocycles. The van der Waals surface area contributed by atoms with E-state index in [0.29, 0.717) is 16.9 Å². The Balaban J connectivity index is 3.17. The molecule has 0 spiro atoms. The van der Waals surface area contributed by atoms with E-state index in [4.69, 9.17) is 4.74 Å². The molecule has 1 rings (SSSR count). The molecule has 1 aromatic carbocycles. The predicted octanol–water partition coefficient (Wildman–Crippen LogP) is 2.12. The lowest BCUT2D eigenvalue weighted by Gasteiger charge is -2.06. The van der Waals surface area contributed by atoms with E-state index in [1.54, 1.807) is 31.4 Å². The minimum Gasteiger partial charge on any atom is -0.497 e. The summed E-state index contributed by atoms with van der Waals surface area (Å²) in [6.45, 7) is 3.62. The summed E-state index contributed by atoms with van der Waals surface area (Å²) in [5, 5.41) is 0. The average Bonchev–Trinajstić information content (AvgIpc) is 2.27. The standard InChI is InChI=1S/C11H12O3/c1-4-8-7-9(13-2)5-6-10(8)11(12)14-3/h4-7H,1H2,2-3H3. The molecule has 1 aromatic rings. The van der Waals surface area contributed by atoms with Crippen LogP contribution in [0, 0.1) is 0 Å². The van der Waals surface area contributed by atoms with Crippen LogP contribution in [0.25, 0.3) is 6.08 Å². The summed E-state index contributed by atoms with van der Waals surface area (Å²) in [5.74, 6) is 0.315. The fourth-order valence-corrected chi connectivity index (χ4v) is 1.13. The molecule has 0 aliphatic rings. The van der Waals surface area contributed by atoms with Gasteiger partial charge in [0.1, 0.15) is 5.75 Å². The number of ether oxygens (including phenoxy) is 2. The predicted molar refractivity (Wildman–Crippen MR) is 54.4 cm³/mol. The smallest absolute Gasteiger partial charge is 0.338 e. The number of methoxy groups -OCH3 is 2. The van der Waals surface area contributed by atoms with Gasteiger partial charge in [0.05, 0.1) is 19.8 Å². The molecule has 0 radical (unpaired) electrons. The molecule has 0 bridgehead atoms. The van der Waals surface area contributed by atoms with Crippen LogP contribution in [0.15, 0.2) is 24.8 Å². The number of hydrogen-bond acceptors (Lipinski definition) is 3. The number of benzene rings is 1. The molecule has 0 heterocycles. The molecule has 0 amide bonds. The van der Waals surface area contributed by atoms with Crippen LogP contribution >= 0.6 is 0 Å². The van der Waals surface area contributed by atoms with Crippen LogP contribution in [0.5, 0.6) is 5.75 Å². The average molecular weight is 192 g/mol. The molecule has 0 aliphatic carbocycles. The molecule has 0 saturated heterocycles. The first-order valence-corrected chi connectivity index (χ1v) is 4.11. The fourth-order valence-electron chi connectivity index (χ4n) is 1.13. The highest BCUT2D eigenvalue weighted by molar-refractivity contribution is 5.93. The van der Waals surface area contributed by atoms with Crippen LogP contribution in [0.3, 0.4) is 0 Å². The summed E-state index contributed by atoms with van der Waals surface area (Å²) in [5.41, 5.74) is 1.19. The summed E-state index contributed by atoms with van der Waals surface area (Å²) in [4.78, 5) is 11.3. The Bertz CT molecular complexity index is 356. The molecule has 0 fully saturated rings. The quantitative estimate of drug-likeness (QED) is 0.688. The van der Waals surface area contributed by atoms with Gasteiger partial charge in [0, 0.05) is 0 Å². The van der Waals surface area contributed by atoms with Crippen molar-refractivity contribution < 1.29 is 14.3 Å². The minimum absolute atomic E-state index is 0.373. The van der Waals surface area contributed by atoms with Gasteiger partial charge in [-0.1, -0.05) is 12.7 Å². The number of rotatable bonds is 3. The van der Waals surface area contributed by atoms with Crippen molar-refractivity contribution in [3.8, 4) is 5.75 Å². The number of carbonyl (C=O) groups excluding carboxylic acids is 1. The first-order chi connectivity index (χ1) is 6.72. The lowest BCUT2D eigenvalue weighted by atomic mass is 10.1. The maximum atomic E-state index is 11.3. The van der Waals surface area contributed by atoms with E-state index in [-0.39, 0.29) is 5.97 Å². The Hall–Kier alpha value is -1.77. The number of carbonyl (C=O) groups is 1. The second kappa shape index (κ2) is 4.46. The van der Waals surface area contributed by atoms with Crippen molar-refractivity contribution in [2.24, 2.45) is 0 Å². The van der Waals surface area contributed by atoms with Crippen molar-refractivity contribution in [1.29, 1.82) is 0 Å². The van der Waals surface area contributed by atoms with Gasteiger partial charge in [-0.05, 0) is 23.8 Å². The van der Waals surface area contributed by atoms with Crippen molar-refractivity contribution in [3.05, 3.63) is 35.9 Å². The molecule has 3 nitrogen and oxygen atoms in total. The topological polar surface area (TPSA) is 35.5 Å². The van der Waals surface area contributed by atoms with E-state index in [2.05, 4.69) is 11.3 Å². The Kier molecular flexibility index (Phi) is 3.29. The van der Waals surface area contributed by atoms with Gasteiger partial charge in [0.15, 0.2) is 0 Å². The molecule has 74 valence electrons. The highest BCUT2D eigenvalue weighted by Gasteiger charge is 2.09. The molecule has 0 N–H and O–H groups in total. The molecular formula is C11H12O3. The van der Waals surface area contributed by atoms with Gasteiger partial charge in [-0.3, -0.25) is 0 Å². The first-order valence-electron chi connectivity index (χ1n) is 4.11. The van der Waals surface area contributed by atoms with Crippen molar-refractivity contribution in [1.82, 2.24) is 0 Å². The zero-order valence-corrected chi connectivity index (χ0v) is 8.24. The maximum Gasteiger partial charge on any atom is 0.338 e. The fraction of sp³-hybridized carbons (Fsp3) is 0.182. The Morgan fingerprint density at radius 2 is 2.14 bits per heavy atom. The third-order valence-corrected chi connectivity index (χ3v) is 1.88. The van der Waals surface area contributed by atoms with Crippen molar-refractivity contribution in [2.45, 2.75) is 0 Å². The van der Waals surface area contributed by atoms with Crippen molar-refractivity contribution >= 4 is 12.0 Å². The van der Waals surface area contributed by atoms with E-state index in [1.807, 2.05) is 0 Å². The molecular weight excluding hydrogens is 180 g/mol. The Labute approximate surface area is 83.0 Å². The van der Waals surface area contributed by atoms with Crippen molar-refractivity contribution in [2.75, 3.05) is 14.2 Å². The first kappa shape index (κ1) is 10.3. The third kappa shape index (κ3) is 1.93. The summed E-state index contributed by atoms with van der Waals surface area (Å²) in [6.07, 6.45) is 1.59. The molecule has 0 aliphatic heterocycles. The van der Waals surface area contributed by atoms with Crippen molar-refractivity contribution in [3.63, 3.8) is 0 Å². The molecule has 0 unspecified atom stereocenters. The van der Waals surface area contributed by atoms with Crippen LogP contribution in [0.2, 0.25) is 0 Å². The van der Waals surface area contributed by atoms with E-state index in [9.17, 15) is 4.79 Å². The molecule has 14 heavy (non-hydrogen) atoms. The highest BCUT2D eigenvalue weighted by atomic mass is 16.5. The monoisotopic (exact) mass is 192 g/mol. The lowest BCUT2D eigenvalue weighted by molar-refractivity contribution is 0.0600. The van der Waals surface area contributed by atoms with Gasteiger partial charge < -0.3 is 9.47 Å². The van der Waals surface area contributed by atoms with E-state index in [1.165, 1.54) is 7.11 Å². The van der Waals surface area contributed by atoms with Gasteiger partial charge in [-0.25, -0.2) is 4.79 Å². The van der Waals surface area contributed by atoms with E-state index in [0.717, 1.165) is 0 Å². The summed E-state index contributed by atoms with van der Waals surface area (Å²) >= 11 is 0. The number of hydrogen-bond donors (Lipinski definition) is 0. The Morgan fingerprint density at radius 3 is 2.64 bits per heavy atom. The normalized spacial score (nSPS) is 9.29. The van der Waals surface area contributed by atoms with Crippen LogP contribution < -0.4 is 4.74 Å². The van der Waals surface area contributed by atoms with Gasteiger partial charge in [0.2, 0.25) is 0 Å². The van der Waals surface area contributed by atoms with Crippen LogP contribution in [-0.2, 0) is 4.74 Å². The highest BCUT2D eigenvalue weighted by Crippen LogP contribution is 2.19. The zero-order valence-electron chi connectivity index (χ0n) is 8.24.